The highest BCUT2D eigenvalue weighted by Gasteiger charge is 2.23. The molecule has 5 aromatic carbocycles. The summed E-state index contributed by atoms with van der Waals surface area (Å²) in [6.07, 6.45) is 10.8. The SMILES string of the molecule is C1=CC2NC(c3ccc(-c4ccc5c6c(cccc46)-c4ccc(-c6ccccc6)cc4O5)cc3)=CN2C=C1. The fraction of sp³-hybridized carbons (Fsp3) is 0.0286. The minimum atomic E-state index is 0.196. The molecule has 0 aromatic heterocycles. The molecule has 0 bridgehead atoms. The van der Waals surface area contributed by atoms with Crippen LogP contribution in [0.15, 0.2) is 134 Å². The molecule has 5 aromatic rings. The molecule has 3 aliphatic heterocycles. The molecule has 1 unspecified atom stereocenters. The van der Waals surface area contributed by atoms with Crippen LogP contribution >= 0.6 is 0 Å². The lowest BCUT2D eigenvalue weighted by Crippen LogP contribution is -2.31. The molecule has 180 valence electrons. The minimum absolute atomic E-state index is 0.196. The fourth-order valence-corrected chi connectivity index (χ4v) is 5.78. The molecule has 8 rings (SSSR count). The first-order valence-electron chi connectivity index (χ1n) is 13.0. The number of nitrogens with one attached hydrogen (secondary N) is 1. The summed E-state index contributed by atoms with van der Waals surface area (Å²) in [5.41, 5.74) is 9.42. The fourth-order valence-electron chi connectivity index (χ4n) is 5.78. The van der Waals surface area contributed by atoms with Crippen molar-refractivity contribution in [1.29, 1.82) is 0 Å². The van der Waals surface area contributed by atoms with Crippen LogP contribution in [-0.4, -0.2) is 11.1 Å². The second-order valence-corrected chi connectivity index (χ2v) is 9.90. The third kappa shape index (κ3) is 3.29. The second kappa shape index (κ2) is 8.25. The number of allylic oxidation sites excluding steroid dienone is 2. The van der Waals surface area contributed by atoms with E-state index in [0.717, 1.165) is 28.3 Å². The van der Waals surface area contributed by atoms with E-state index in [4.69, 9.17) is 4.74 Å². The molecule has 0 spiro atoms. The van der Waals surface area contributed by atoms with Crippen LogP contribution in [0.2, 0.25) is 0 Å². The van der Waals surface area contributed by atoms with Crippen molar-refractivity contribution < 1.29 is 4.74 Å². The third-order valence-corrected chi connectivity index (χ3v) is 7.67. The maximum absolute atomic E-state index is 6.50. The van der Waals surface area contributed by atoms with Crippen LogP contribution < -0.4 is 10.1 Å². The van der Waals surface area contributed by atoms with Crippen molar-refractivity contribution in [1.82, 2.24) is 10.2 Å². The summed E-state index contributed by atoms with van der Waals surface area (Å²) in [5, 5.41) is 5.96. The van der Waals surface area contributed by atoms with E-state index in [9.17, 15) is 0 Å². The van der Waals surface area contributed by atoms with Gasteiger partial charge in [-0.2, -0.15) is 0 Å². The average Bonchev–Trinajstić information content (AvgIpc) is 3.42. The largest absolute Gasteiger partial charge is 0.456 e. The van der Waals surface area contributed by atoms with E-state index in [1.165, 1.54) is 38.6 Å². The van der Waals surface area contributed by atoms with Crippen molar-refractivity contribution in [2.24, 2.45) is 0 Å². The number of ether oxygens (including phenoxy) is 1. The molecule has 0 saturated heterocycles. The molecule has 0 fully saturated rings. The number of nitrogens with zero attached hydrogens (tertiary/aromatic N) is 1. The molecule has 0 saturated carbocycles. The summed E-state index contributed by atoms with van der Waals surface area (Å²) < 4.78 is 6.50. The number of fused-ring (bicyclic) bond motifs is 3. The molecule has 0 aliphatic carbocycles. The van der Waals surface area contributed by atoms with Gasteiger partial charge in [-0.3, -0.25) is 0 Å². The summed E-state index contributed by atoms with van der Waals surface area (Å²) in [4.78, 5) is 2.19. The molecule has 3 nitrogen and oxygen atoms in total. The smallest absolute Gasteiger partial charge is 0.135 e. The number of rotatable bonds is 3. The predicted octanol–water partition coefficient (Wildman–Crippen LogP) is 8.56. The Morgan fingerprint density at radius 1 is 0.605 bits per heavy atom. The number of hydrogen-bond donors (Lipinski definition) is 1. The van der Waals surface area contributed by atoms with Gasteiger partial charge in [0.25, 0.3) is 0 Å². The first kappa shape index (κ1) is 21.1. The van der Waals surface area contributed by atoms with Crippen LogP contribution in [0.4, 0.5) is 0 Å². The monoisotopic (exact) mass is 488 g/mol. The Labute approximate surface area is 221 Å². The van der Waals surface area contributed by atoms with Gasteiger partial charge in [0.1, 0.15) is 17.7 Å². The quantitative estimate of drug-likeness (QED) is 0.270. The van der Waals surface area contributed by atoms with E-state index in [2.05, 4.69) is 138 Å². The first-order chi connectivity index (χ1) is 18.8. The summed E-state index contributed by atoms with van der Waals surface area (Å²) in [7, 11) is 0. The summed E-state index contributed by atoms with van der Waals surface area (Å²) in [5.74, 6) is 1.81. The lowest BCUT2D eigenvalue weighted by atomic mass is 9.89. The van der Waals surface area contributed by atoms with Gasteiger partial charge in [0.15, 0.2) is 0 Å². The molecule has 1 N–H and O–H groups in total. The molecule has 3 aliphatic rings. The van der Waals surface area contributed by atoms with Crippen molar-refractivity contribution in [3.63, 3.8) is 0 Å². The normalized spacial score (nSPS) is 16.5. The van der Waals surface area contributed by atoms with Gasteiger partial charge in [0.2, 0.25) is 0 Å². The van der Waals surface area contributed by atoms with E-state index in [0.29, 0.717) is 0 Å². The predicted molar refractivity (Wildman–Crippen MR) is 155 cm³/mol. The zero-order valence-electron chi connectivity index (χ0n) is 20.6. The van der Waals surface area contributed by atoms with E-state index in [1.54, 1.807) is 0 Å². The Morgan fingerprint density at radius 2 is 1.42 bits per heavy atom. The summed E-state index contributed by atoms with van der Waals surface area (Å²) >= 11 is 0. The molecular weight excluding hydrogens is 464 g/mol. The van der Waals surface area contributed by atoms with Gasteiger partial charge >= 0.3 is 0 Å². The maximum atomic E-state index is 6.50. The van der Waals surface area contributed by atoms with E-state index in [1.807, 2.05) is 6.07 Å². The molecule has 1 atom stereocenters. The van der Waals surface area contributed by atoms with Gasteiger partial charge in [-0.15, -0.1) is 0 Å². The molecule has 0 amide bonds. The van der Waals surface area contributed by atoms with Gasteiger partial charge in [0.05, 0.1) is 5.70 Å². The maximum Gasteiger partial charge on any atom is 0.135 e. The van der Waals surface area contributed by atoms with E-state index >= 15 is 0 Å². The lowest BCUT2D eigenvalue weighted by molar-refractivity contribution is 0.427. The lowest BCUT2D eigenvalue weighted by Gasteiger charge is -2.23. The molecule has 0 radical (unpaired) electrons. The second-order valence-electron chi connectivity index (χ2n) is 9.90. The highest BCUT2D eigenvalue weighted by Crippen LogP contribution is 2.49. The van der Waals surface area contributed by atoms with E-state index < -0.39 is 0 Å². The molecular formula is C35H24N2O. The Morgan fingerprint density at radius 3 is 2.29 bits per heavy atom. The third-order valence-electron chi connectivity index (χ3n) is 7.67. The Kier molecular flexibility index (Phi) is 4.58. The van der Waals surface area contributed by atoms with Crippen LogP contribution in [0.3, 0.4) is 0 Å². The van der Waals surface area contributed by atoms with Gasteiger partial charge < -0.3 is 15.0 Å². The van der Waals surface area contributed by atoms with Gasteiger partial charge in [-0.1, -0.05) is 91.0 Å². The van der Waals surface area contributed by atoms with Crippen molar-refractivity contribution >= 4 is 16.5 Å². The molecule has 3 heterocycles. The van der Waals surface area contributed by atoms with Crippen molar-refractivity contribution in [3.05, 3.63) is 139 Å². The van der Waals surface area contributed by atoms with Crippen LogP contribution in [0, 0.1) is 0 Å². The Balaban J connectivity index is 1.18. The van der Waals surface area contributed by atoms with Crippen LogP contribution in [0.5, 0.6) is 11.5 Å². The average molecular weight is 489 g/mol. The highest BCUT2D eigenvalue weighted by atomic mass is 16.5. The summed E-state index contributed by atoms with van der Waals surface area (Å²) in [6, 6.07) is 36.7. The summed E-state index contributed by atoms with van der Waals surface area (Å²) in [6.45, 7) is 0. The number of hydrogen-bond acceptors (Lipinski definition) is 3. The van der Waals surface area contributed by atoms with Gasteiger partial charge in [-0.05, 0) is 69.1 Å². The van der Waals surface area contributed by atoms with Crippen molar-refractivity contribution in [2.45, 2.75) is 6.17 Å². The van der Waals surface area contributed by atoms with Crippen molar-refractivity contribution in [2.75, 3.05) is 0 Å². The minimum Gasteiger partial charge on any atom is -0.456 e. The number of benzene rings is 5. The molecule has 38 heavy (non-hydrogen) atoms. The Bertz CT molecular complexity index is 1810. The first-order valence-corrected chi connectivity index (χ1v) is 13.0. The van der Waals surface area contributed by atoms with Gasteiger partial charge in [0, 0.05) is 23.3 Å². The van der Waals surface area contributed by atoms with Crippen LogP contribution in [0.25, 0.3) is 49.9 Å². The van der Waals surface area contributed by atoms with E-state index in [-0.39, 0.29) is 6.17 Å². The van der Waals surface area contributed by atoms with Crippen LogP contribution in [0.1, 0.15) is 5.56 Å². The zero-order valence-corrected chi connectivity index (χ0v) is 20.6. The van der Waals surface area contributed by atoms with Crippen molar-refractivity contribution in [3.8, 4) is 44.9 Å². The standard InChI is InChI=1S/C35H24N2O/c1-2-7-23(8-3-1)26-16-17-28-30-10-6-9-29-27(18-19-32(35(29)30)38-33(28)21-26)24-12-14-25(15-13-24)31-22-37-20-5-4-11-34(37)36-31/h1-22,34,36H. The Hall–Kier alpha value is -5.02. The zero-order chi connectivity index (χ0) is 25.1. The van der Waals surface area contributed by atoms with Crippen LogP contribution in [-0.2, 0) is 0 Å². The highest BCUT2D eigenvalue weighted by molar-refractivity contribution is 6.10. The van der Waals surface area contributed by atoms with Gasteiger partial charge in [-0.25, -0.2) is 0 Å². The molecule has 3 heteroatoms. The topological polar surface area (TPSA) is 24.5 Å².